The van der Waals surface area contributed by atoms with Crippen LogP contribution in [0.15, 0.2) is 12.7 Å². The van der Waals surface area contributed by atoms with E-state index >= 15 is 0 Å². The van der Waals surface area contributed by atoms with Crippen LogP contribution in [-0.4, -0.2) is 58.1 Å². The van der Waals surface area contributed by atoms with E-state index in [-0.39, 0.29) is 52.5 Å². The molecule has 0 spiro atoms. The van der Waals surface area contributed by atoms with Gasteiger partial charge in [0.1, 0.15) is 11.9 Å². The molecule has 0 radical (unpaired) electrons. The Hall–Kier alpha value is -1.38. The maximum atomic E-state index is 13.5. The van der Waals surface area contributed by atoms with Crippen LogP contribution in [0.5, 0.6) is 0 Å². The highest BCUT2D eigenvalue weighted by Crippen LogP contribution is 2.68. The van der Waals surface area contributed by atoms with E-state index in [1.54, 1.807) is 0 Å². The van der Waals surface area contributed by atoms with Gasteiger partial charge in [-0.1, -0.05) is 47.6 Å². The van der Waals surface area contributed by atoms with Crippen LogP contribution >= 0.6 is 11.8 Å². The van der Waals surface area contributed by atoms with Crippen LogP contribution in [0.25, 0.3) is 0 Å². The van der Waals surface area contributed by atoms with Crippen molar-refractivity contribution in [3.63, 3.8) is 0 Å². The van der Waals surface area contributed by atoms with Crippen molar-refractivity contribution in [2.24, 2.45) is 45.7 Å². The van der Waals surface area contributed by atoms with Crippen molar-refractivity contribution in [3.8, 4) is 0 Å². The van der Waals surface area contributed by atoms with E-state index in [4.69, 9.17) is 10.5 Å². The Balaban J connectivity index is 1.82. The fourth-order valence-electron chi connectivity index (χ4n) is 7.72. The maximum absolute atomic E-state index is 13.5. The summed E-state index contributed by atoms with van der Waals surface area (Å²) in [5.74, 6) is -0.243. The minimum Gasteiger partial charge on any atom is -0.461 e. The van der Waals surface area contributed by atoms with Crippen molar-refractivity contribution in [3.05, 3.63) is 12.7 Å². The van der Waals surface area contributed by atoms with Gasteiger partial charge in [0, 0.05) is 34.5 Å². The molecule has 0 aromatic rings. The van der Waals surface area contributed by atoms with E-state index < -0.39 is 33.8 Å². The molecule has 0 aromatic carbocycles. The van der Waals surface area contributed by atoms with Gasteiger partial charge in [0.2, 0.25) is 5.91 Å². The molecule has 8 heteroatoms. The monoisotopic (exact) mass is 564 g/mol. The molecule has 0 saturated heterocycles. The largest absolute Gasteiger partial charge is 0.461 e. The van der Waals surface area contributed by atoms with Crippen LogP contribution in [0.2, 0.25) is 0 Å². The molecule has 0 aromatic heterocycles. The van der Waals surface area contributed by atoms with E-state index in [0.717, 1.165) is 19.3 Å². The fraction of sp³-hybridized carbons (Fsp3) is 0.839. The van der Waals surface area contributed by atoms with Crippen LogP contribution < -0.4 is 11.1 Å². The summed E-state index contributed by atoms with van der Waals surface area (Å²) in [5, 5.41) is 14.6. The number of hydrogen-bond acceptors (Lipinski definition) is 7. The summed E-state index contributed by atoms with van der Waals surface area (Å²) in [6.07, 6.45) is 4.17. The van der Waals surface area contributed by atoms with Crippen LogP contribution in [-0.2, 0) is 19.1 Å². The van der Waals surface area contributed by atoms with Gasteiger partial charge < -0.3 is 20.9 Å². The number of nitrogens with one attached hydrogen (secondary N) is 1. The molecule has 2 bridgehead atoms. The second-order valence-electron chi connectivity index (χ2n) is 14.1. The van der Waals surface area contributed by atoms with Crippen molar-refractivity contribution in [2.45, 2.75) is 110 Å². The van der Waals surface area contributed by atoms with E-state index in [1.807, 2.05) is 40.7 Å². The topological polar surface area (TPSA) is 119 Å². The number of Topliss-reactive ketones (excluding diaryl/α,β-unsaturated/α-hetero) is 1. The third-order valence-electron chi connectivity index (χ3n) is 10.9. The highest BCUT2D eigenvalue weighted by Gasteiger charge is 2.68. The summed E-state index contributed by atoms with van der Waals surface area (Å²) in [4.78, 5) is 39.2. The molecule has 1 amide bonds. The predicted molar refractivity (Wildman–Crippen MR) is 157 cm³/mol. The fourth-order valence-corrected chi connectivity index (χ4v) is 8.47. The first-order valence-corrected chi connectivity index (χ1v) is 15.6. The van der Waals surface area contributed by atoms with Crippen molar-refractivity contribution < 1.29 is 24.2 Å². The molecule has 3 saturated carbocycles. The second-order valence-corrected chi connectivity index (χ2v) is 15.8. The number of rotatable bonds is 9. The summed E-state index contributed by atoms with van der Waals surface area (Å²) in [6, 6.07) is -0.573. The van der Waals surface area contributed by atoms with Crippen molar-refractivity contribution in [2.75, 3.05) is 12.3 Å². The Morgan fingerprint density at radius 1 is 1.28 bits per heavy atom. The number of ether oxygens (including phenoxy) is 1. The second kappa shape index (κ2) is 11.5. The number of thioether (sulfide) groups is 1. The average Bonchev–Trinajstić information content (AvgIpc) is 3.24. The van der Waals surface area contributed by atoms with E-state index in [9.17, 15) is 19.5 Å². The van der Waals surface area contributed by atoms with Crippen LogP contribution in [0.1, 0.15) is 87.5 Å². The molecule has 0 aliphatic heterocycles. The quantitative estimate of drug-likeness (QED) is 0.279. The van der Waals surface area contributed by atoms with Crippen molar-refractivity contribution in [1.29, 1.82) is 0 Å². The number of aliphatic hydroxyl groups is 1. The number of nitrogens with two attached hydrogens (primary N) is 1. The molecule has 0 heterocycles. The number of ketones is 1. The first-order chi connectivity index (χ1) is 17.9. The van der Waals surface area contributed by atoms with E-state index in [2.05, 4.69) is 32.7 Å². The lowest BCUT2D eigenvalue weighted by atomic mass is 9.44. The average molecular weight is 565 g/mol. The van der Waals surface area contributed by atoms with Gasteiger partial charge in [-0.3, -0.25) is 14.4 Å². The lowest BCUT2D eigenvalue weighted by Crippen LogP contribution is -2.63. The number of hydrogen-bond donors (Lipinski definition) is 3. The summed E-state index contributed by atoms with van der Waals surface area (Å²) in [5.41, 5.74) is 4.49. The third kappa shape index (κ3) is 5.85. The van der Waals surface area contributed by atoms with E-state index in [0.29, 0.717) is 19.4 Å². The lowest BCUT2D eigenvalue weighted by molar-refractivity contribution is -0.205. The first-order valence-electron chi connectivity index (χ1n) is 14.7. The SMILES string of the molecule is C=C[C@]1(C)C[C@H](OC(=O)CSC(C)(C)CNC(=O)[C@H](N)C(C)C)[C@@]2(C)[C@H](C)CC[C@@]3(CCC(=O)[C@@H]32)[C@@H](C)[C@@H]1O. The zero-order valence-corrected chi connectivity index (χ0v) is 26.2. The Morgan fingerprint density at radius 2 is 1.92 bits per heavy atom. The summed E-state index contributed by atoms with van der Waals surface area (Å²) < 4.78 is 5.92. The maximum Gasteiger partial charge on any atom is 0.316 e. The molecule has 3 aliphatic carbocycles. The highest BCUT2D eigenvalue weighted by molar-refractivity contribution is 8.01. The molecule has 3 rings (SSSR count). The van der Waals surface area contributed by atoms with Gasteiger partial charge in [-0.15, -0.1) is 18.3 Å². The van der Waals surface area contributed by atoms with Gasteiger partial charge in [0.25, 0.3) is 0 Å². The molecule has 4 N–H and O–H groups in total. The molecule has 3 aliphatic rings. The number of esters is 1. The number of aliphatic hydroxyl groups excluding tert-OH is 1. The summed E-state index contributed by atoms with van der Waals surface area (Å²) in [6.45, 7) is 20.7. The number of carbonyl (C=O) groups excluding carboxylic acids is 3. The molecule has 3 fully saturated rings. The highest BCUT2D eigenvalue weighted by atomic mass is 32.2. The Bertz CT molecular complexity index is 969. The normalized spacial score (nSPS) is 39.4. The third-order valence-corrected chi connectivity index (χ3v) is 12.2. The Kier molecular flexibility index (Phi) is 9.46. The summed E-state index contributed by atoms with van der Waals surface area (Å²) in [7, 11) is 0. The van der Waals surface area contributed by atoms with Gasteiger partial charge in [-0.25, -0.2) is 0 Å². The van der Waals surface area contributed by atoms with Crippen molar-refractivity contribution in [1.82, 2.24) is 5.32 Å². The van der Waals surface area contributed by atoms with Gasteiger partial charge in [-0.2, -0.15) is 0 Å². The molecule has 39 heavy (non-hydrogen) atoms. The molecular formula is C31H52N2O5S. The van der Waals surface area contributed by atoms with Gasteiger partial charge >= 0.3 is 5.97 Å². The molecule has 7 nitrogen and oxygen atoms in total. The van der Waals surface area contributed by atoms with Gasteiger partial charge in [0.15, 0.2) is 0 Å². The molecule has 9 atom stereocenters. The molecule has 0 unspecified atom stereocenters. The van der Waals surface area contributed by atoms with Crippen LogP contribution in [0, 0.1) is 39.9 Å². The minimum absolute atomic E-state index is 0.0382. The van der Waals surface area contributed by atoms with Crippen molar-refractivity contribution >= 4 is 29.4 Å². The Morgan fingerprint density at radius 3 is 2.51 bits per heavy atom. The minimum atomic E-state index is -0.684. The lowest BCUT2D eigenvalue weighted by Gasteiger charge is -2.61. The predicted octanol–water partition coefficient (Wildman–Crippen LogP) is 4.50. The van der Waals surface area contributed by atoms with Gasteiger partial charge in [-0.05, 0) is 62.7 Å². The standard InChI is InChI=1S/C31H52N2O5S/c1-10-29(8)15-22(38-23(35)16-39-28(6,7)17-33-27(37)24(32)18(2)3)30(9)19(4)11-13-31(20(5)26(29)36)14-12-21(34)25(30)31/h10,18-20,22,24-26,36H,1,11-17,32H2,2-9H3,(H,33,37)/t19-,20+,22+,24-,25-,26+,29-,30-,31-/m1/s1. The van der Waals surface area contributed by atoms with Crippen LogP contribution in [0.4, 0.5) is 0 Å². The molecule has 222 valence electrons. The number of carbonyl (C=O) groups is 3. The van der Waals surface area contributed by atoms with E-state index in [1.165, 1.54) is 11.8 Å². The first kappa shape index (κ1) is 32.1. The van der Waals surface area contributed by atoms with Crippen LogP contribution in [0.3, 0.4) is 0 Å². The van der Waals surface area contributed by atoms with Gasteiger partial charge in [0.05, 0.1) is 17.9 Å². The zero-order chi connectivity index (χ0) is 29.6. The zero-order valence-electron chi connectivity index (χ0n) is 25.3. The molecular weight excluding hydrogens is 512 g/mol. The number of amides is 1. The summed E-state index contributed by atoms with van der Waals surface area (Å²) >= 11 is 1.43. The Labute approximate surface area is 239 Å². The smallest absolute Gasteiger partial charge is 0.316 e.